The molecule has 2 unspecified atom stereocenters. The van der Waals surface area contributed by atoms with Crippen LogP contribution in [0.3, 0.4) is 0 Å². The minimum Gasteiger partial charge on any atom is -0.343 e. The zero-order chi connectivity index (χ0) is 14.9. The predicted molar refractivity (Wildman–Crippen MR) is 78.1 cm³/mol. The van der Waals surface area contributed by atoms with Crippen molar-refractivity contribution in [3.05, 3.63) is 35.4 Å². The van der Waals surface area contributed by atoms with E-state index in [0.717, 1.165) is 5.56 Å². The molecule has 108 valence electrons. The number of carbonyl (C=O) groups excluding carboxylic acids is 2. The first-order valence-corrected chi connectivity index (χ1v) is 7.10. The molecule has 2 rings (SSSR count). The van der Waals surface area contributed by atoms with E-state index in [1.165, 1.54) is 5.56 Å². The van der Waals surface area contributed by atoms with Gasteiger partial charge in [0.05, 0.1) is 0 Å². The van der Waals surface area contributed by atoms with Crippen LogP contribution in [0.2, 0.25) is 0 Å². The van der Waals surface area contributed by atoms with Crippen LogP contribution in [-0.4, -0.2) is 28.8 Å². The Morgan fingerprint density at radius 1 is 1.15 bits per heavy atom. The topological polar surface area (TPSA) is 49.4 Å². The second kappa shape index (κ2) is 5.65. The molecule has 0 spiro atoms. The number of nitrogens with one attached hydrogen (secondary N) is 1. The summed E-state index contributed by atoms with van der Waals surface area (Å²) >= 11 is 0. The maximum Gasteiger partial charge on any atom is 0.245 e. The van der Waals surface area contributed by atoms with Crippen molar-refractivity contribution in [3.8, 4) is 0 Å². The van der Waals surface area contributed by atoms with Crippen LogP contribution in [0.15, 0.2) is 24.3 Å². The van der Waals surface area contributed by atoms with Gasteiger partial charge in [0, 0.05) is 6.54 Å². The number of benzene rings is 1. The second-order valence-electron chi connectivity index (χ2n) is 5.77. The summed E-state index contributed by atoms with van der Waals surface area (Å²) in [6.07, 6.45) is 0. The Labute approximate surface area is 120 Å². The Morgan fingerprint density at radius 3 is 2.30 bits per heavy atom. The standard InChI is InChI=1S/C16H22N2O2/c1-10(2)14-7-5-13(6-8-14)9-18-12(4)15(19)17-11(3)16(18)20/h5-8,10-12H,9H2,1-4H3,(H,17,19). The third kappa shape index (κ3) is 2.84. The molecule has 0 radical (unpaired) electrons. The summed E-state index contributed by atoms with van der Waals surface area (Å²) in [6.45, 7) is 8.27. The molecule has 1 aliphatic heterocycles. The zero-order valence-corrected chi connectivity index (χ0v) is 12.5. The van der Waals surface area contributed by atoms with Crippen LogP contribution in [0.1, 0.15) is 44.7 Å². The maximum absolute atomic E-state index is 12.2. The van der Waals surface area contributed by atoms with Crippen molar-refractivity contribution in [1.82, 2.24) is 10.2 Å². The highest BCUT2D eigenvalue weighted by molar-refractivity contribution is 5.96. The normalized spacial score (nSPS) is 23.1. The molecule has 0 saturated carbocycles. The van der Waals surface area contributed by atoms with Gasteiger partial charge in [-0.05, 0) is 30.9 Å². The van der Waals surface area contributed by atoms with Gasteiger partial charge < -0.3 is 10.2 Å². The van der Waals surface area contributed by atoms with Crippen LogP contribution in [0.4, 0.5) is 0 Å². The summed E-state index contributed by atoms with van der Waals surface area (Å²) in [7, 11) is 0. The average molecular weight is 274 g/mol. The summed E-state index contributed by atoms with van der Waals surface area (Å²) in [4.78, 5) is 25.6. The van der Waals surface area contributed by atoms with Crippen molar-refractivity contribution in [3.63, 3.8) is 0 Å². The molecule has 0 aromatic heterocycles. The van der Waals surface area contributed by atoms with Gasteiger partial charge in [-0.25, -0.2) is 0 Å². The first-order chi connectivity index (χ1) is 9.40. The summed E-state index contributed by atoms with van der Waals surface area (Å²) in [5, 5.41) is 2.69. The Kier molecular flexibility index (Phi) is 4.12. The van der Waals surface area contributed by atoms with Gasteiger partial charge in [-0.1, -0.05) is 38.1 Å². The van der Waals surface area contributed by atoms with Crippen molar-refractivity contribution in [2.75, 3.05) is 0 Å². The lowest BCUT2D eigenvalue weighted by molar-refractivity contribution is -0.148. The first-order valence-electron chi connectivity index (χ1n) is 7.10. The molecular formula is C16H22N2O2. The minimum atomic E-state index is -0.436. The van der Waals surface area contributed by atoms with Crippen LogP contribution in [0, 0.1) is 0 Å². The highest BCUT2D eigenvalue weighted by Crippen LogP contribution is 2.18. The summed E-state index contributed by atoms with van der Waals surface area (Å²) < 4.78 is 0. The van der Waals surface area contributed by atoms with E-state index in [1.54, 1.807) is 18.7 Å². The fourth-order valence-corrected chi connectivity index (χ4v) is 2.40. The molecular weight excluding hydrogens is 252 g/mol. The Hall–Kier alpha value is -1.84. The van der Waals surface area contributed by atoms with Crippen molar-refractivity contribution >= 4 is 11.8 Å². The number of rotatable bonds is 3. The molecule has 2 amide bonds. The van der Waals surface area contributed by atoms with Gasteiger partial charge in [0.2, 0.25) is 11.8 Å². The minimum absolute atomic E-state index is 0.0231. The quantitative estimate of drug-likeness (QED) is 0.917. The van der Waals surface area contributed by atoms with Gasteiger partial charge in [0.25, 0.3) is 0 Å². The fourth-order valence-electron chi connectivity index (χ4n) is 2.40. The molecule has 1 saturated heterocycles. The maximum atomic E-state index is 12.2. The van der Waals surface area contributed by atoms with Crippen LogP contribution >= 0.6 is 0 Å². The van der Waals surface area contributed by atoms with Crippen LogP contribution in [0.5, 0.6) is 0 Å². The molecule has 1 aromatic rings. The van der Waals surface area contributed by atoms with E-state index in [2.05, 4.69) is 31.3 Å². The van der Waals surface area contributed by atoms with E-state index < -0.39 is 12.1 Å². The molecule has 1 aromatic carbocycles. The lowest BCUT2D eigenvalue weighted by atomic mass is 10.0. The largest absolute Gasteiger partial charge is 0.343 e. The molecule has 1 heterocycles. The number of carbonyl (C=O) groups is 2. The van der Waals surface area contributed by atoms with Gasteiger partial charge in [-0.15, -0.1) is 0 Å². The Morgan fingerprint density at radius 2 is 1.75 bits per heavy atom. The average Bonchev–Trinajstić information content (AvgIpc) is 2.42. The summed E-state index contributed by atoms with van der Waals surface area (Å²) in [5.41, 5.74) is 2.33. The fraction of sp³-hybridized carbons (Fsp3) is 0.500. The highest BCUT2D eigenvalue weighted by Gasteiger charge is 2.35. The number of nitrogens with zero attached hydrogens (tertiary/aromatic N) is 1. The van der Waals surface area contributed by atoms with Crippen molar-refractivity contribution < 1.29 is 9.59 Å². The highest BCUT2D eigenvalue weighted by atomic mass is 16.2. The SMILES string of the molecule is CC1NC(=O)C(C)N(Cc2ccc(C(C)C)cc2)C1=O. The lowest BCUT2D eigenvalue weighted by Crippen LogP contribution is -2.60. The molecule has 0 aliphatic carbocycles. The van der Waals surface area contributed by atoms with Gasteiger partial charge >= 0.3 is 0 Å². The molecule has 4 nitrogen and oxygen atoms in total. The number of amides is 2. The monoisotopic (exact) mass is 274 g/mol. The molecule has 20 heavy (non-hydrogen) atoms. The van der Waals surface area contributed by atoms with Crippen LogP contribution in [-0.2, 0) is 16.1 Å². The van der Waals surface area contributed by atoms with Gasteiger partial charge in [-0.3, -0.25) is 9.59 Å². The first kappa shape index (κ1) is 14.6. The van der Waals surface area contributed by atoms with Gasteiger partial charge in [-0.2, -0.15) is 0 Å². The van der Waals surface area contributed by atoms with Crippen molar-refractivity contribution in [2.45, 2.75) is 52.2 Å². The third-order valence-electron chi connectivity index (χ3n) is 3.86. The zero-order valence-electron chi connectivity index (χ0n) is 12.5. The molecule has 2 atom stereocenters. The number of hydrogen-bond donors (Lipinski definition) is 1. The number of hydrogen-bond acceptors (Lipinski definition) is 2. The van der Waals surface area contributed by atoms with Gasteiger partial charge in [0.15, 0.2) is 0 Å². The molecule has 1 N–H and O–H groups in total. The van der Waals surface area contributed by atoms with Gasteiger partial charge in [0.1, 0.15) is 12.1 Å². The number of piperazine rings is 1. The smallest absolute Gasteiger partial charge is 0.245 e. The molecule has 4 heteroatoms. The Balaban J connectivity index is 2.15. The molecule has 1 aliphatic rings. The van der Waals surface area contributed by atoms with Crippen LogP contribution in [0.25, 0.3) is 0 Å². The van der Waals surface area contributed by atoms with Crippen molar-refractivity contribution in [1.29, 1.82) is 0 Å². The summed E-state index contributed by atoms with van der Waals surface area (Å²) in [5.74, 6) is 0.381. The van der Waals surface area contributed by atoms with E-state index in [9.17, 15) is 9.59 Å². The van der Waals surface area contributed by atoms with E-state index in [4.69, 9.17) is 0 Å². The second-order valence-corrected chi connectivity index (χ2v) is 5.77. The molecule has 1 fully saturated rings. The predicted octanol–water partition coefficient (Wildman–Crippen LogP) is 2.05. The lowest BCUT2D eigenvalue weighted by Gasteiger charge is -2.36. The van der Waals surface area contributed by atoms with Crippen molar-refractivity contribution in [2.24, 2.45) is 0 Å². The van der Waals surface area contributed by atoms with Crippen LogP contribution < -0.4 is 5.32 Å². The van der Waals surface area contributed by atoms with E-state index in [1.807, 2.05) is 12.1 Å². The van der Waals surface area contributed by atoms with E-state index in [-0.39, 0.29) is 11.8 Å². The van der Waals surface area contributed by atoms with E-state index >= 15 is 0 Å². The van der Waals surface area contributed by atoms with E-state index in [0.29, 0.717) is 12.5 Å². The Bertz CT molecular complexity index is 508. The third-order valence-corrected chi connectivity index (χ3v) is 3.86. The molecule has 0 bridgehead atoms. The summed E-state index contributed by atoms with van der Waals surface area (Å²) in [6, 6.07) is 7.39.